The zero-order valence-electron chi connectivity index (χ0n) is 17.5. The number of rotatable bonds is 6. The van der Waals surface area contributed by atoms with Crippen molar-refractivity contribution in [1.29, 1.82) is 0 Å². The molecule has 2 N–H and O–H groups in total. The van der Waals surface area contributed by atoms with Gasteiger partial charge in [-0.3, -0.25) is 9.79 Å². The summed E-state index contributed by atoms with van der Waals surface area (Å²) in [5.74, 6) is 2.37. The molecule has 0 spiro atoms. The summed E-state index contributed by atoms with van der Waals surface area (Å²) < 4.78 is 6.13. The van der Waals surface area contributed by atoms with Crippen LogP contribution in [0.3, 0.4) is 0 Å². The van der Waals surface area contributed by atoms with Gasteiger partial charge in [0.05, 0.1) is 6.10 Å². The molecule has 2 aliphatic carbocycles. The van der Waals surface area contributed by atoms with Crippen LogP contribution in [0.15, 0.2) is 29.3 Å². The predicted molar refractivity (Wildman–Crippen MR) is 115 cm³/mol. The molecule has 0 aromatic heterocycles. The first-order chi connectivity index (χ1) is 14.2. The molecular weight excluding hydrogens is 364 g/mol. The lowest BCUT2D eigenvalue weighted by atomic mass is 9.96. The third kappa shape index (κ3) is 5.03. The molecule has 3 fully saturated rings. The number of carbonyl (C=O) groups excluding carboxylic acids is 1. The summed E-state index contributed by atoms with van der Waals surface area (Å²) in [5.41, 5.74) is 1.15. The van der Waals surface area contributed by atoms with Crippen LogP contribution in [0.4, 0.5) is 0 Å². The lowest BCUT2D eigenvalue weighted by Crippen LogP contribution is -2.45. The molecule has 29 heavy (non-hydrogen) atoms. The first-order valence-electron chi connectivity index (χ1n) is 11.2. The van der Waals surface area contributed by atoms with Crippen molar-refractivity contribution < 1.29 is 9.53 Å². The Balaban J connectivity index is 1.26. The topological polar surface area (TPSA) is 66.0 Å². The fourth-order valence-corrected chi connectivity index (χ4v) is 4.51. The standard InChI is InChI=1S/C23H34N4O2/c1-24-23(25-15-18-9-4-5-12-21(18)29-20-10-6-11-20)26-19-13-14-27(16-19)22(28)17-7-2-3-8-17/h4-5,9,12,17,19-20H,2-3,6-8,10-11,13-16H2,1H3,(H2,24,25,26). The van der Waals surface area contributed by atoms with Crippen molar-refractivity contribution in [1.82, 2.24) is 15.5 Å². The Morgan fingerprint density at radius 3 is 2.66 bits per heavy atom. The molecule has 1 unspecified atom stereocenters. The summed E-state index contributed by atoms with van der Waals surface area (Å²) in [5, 5.41) is 6.91. The van der Waals surface area contributed by atoms with Crippen molar-refractivity contribution in [3.63, 3.8) is 0 Å². The zero-order chi connectivity index (χ0) is 20.1. The number of amides is 1. The molecule has 1 saturated heterocycles. The van der Waals surface area contributed by atoms with E-state index in [-0.39, 0.29) is 12.0 Å². The SMILES string of the molecule is CN=C(NCc1ccccc1OC1CCC1)NC1CCN(C(=O)C2CCCC2)C1. The van der Waals surface area contributed by atoms with E-state index in [0.717, 1.165) is 62.5 Å². The third-order valence-corrected chi connectivity index (χ3v) is 6.53. The molecule has 1 aliphatic heterocycles. The van der Waals surface area contributed by atoms with Crippen LogP contribution in [0.1, 0.15) is 56.9 Å². The molecule has 1 heterocycles. The average molecular weight is 399 g/mol. The van der Waals surface area contributed by atoms with E-state index in [0.29, 0.717) is 18.6 Å². The van der Waals surface area contributed by atoms with Gasteiger partial charge in [0.1, 0.15) is 5.75 Å². The molecule has 0 bridgehead atoms. The second kappa shape index (κ2) is 9.51. The number of aliphatic imine (C=N–C) groups is 1. The smallest absolute Gasteiger partial charge is 0.225 e. The zero-order valence-corrected chi connectivity index (χ0v) is 17.5. The maximum absolute atomic E-state index is 12.7. The maximum Gasteiger partial charge on any atom is 0.225 e. The molecule has 1 amide bonds. The Morgan fingerprint density at radius 1 is 1.14 bits per heavy atom. The minimum absolute atomic E-state index is 0.257. The van der Waals surface area contributed by atoms with Gasteiger partial charge in [-0.2, -0.15) is 0 Å². The van der Waals surface area contributed by atoms with Crippen molar-refractivity contribution in [2.75, 3.05) is 20.1 Å². The van der Waals surface area contributed by atoms with Gasteiger partial charge in [0.15, 0.2) is 5.96 Å². The average Bonchev–Trinajstić information content (AvgIpc) is 3.40. The molecule has 4 rings (SSSR count). The normalized spacial score (nSPS) is 23.1. The number of guanidine groups is 1. The van der Waals surface area contributed by atoms with Crippen LogP contribution in [-0.2, 0) is 11.3 Å². The number of ether oxygens (including phenoxy) is 1. The molecule has 0 radical (unpaired) electrons. The van der Waals surface area contributed by atoms with E-state index in [1.165, 1.54) is 19.3 Å². The fraction of sp³-hybridized carbons (Fsp3) is 0.652. The Kier molecular flexibility index (Phi) is 6.57. The second-order valence-corrected chi connectivity index (χ2v) is 8.60. The van der Waals surface area contributed by atoms with Gasteiger partial charge in [0.25, 0.3) is 0 Å². The Hall–Kier alpha value is -2.24. The molecule has 3 aliphatic rings. The molecule has 1 atom stereocenters. The van der Waals surface area contributed by atoms with Crippen molar-refractivity contribution in [3.05, 3.63) is 29.8 Å². The van der Waals surface area contributed by atoms with E-state index in [4.69, 9.17) is 4.74 Å². The van der Waals surface area contributed by atoms with Gasteiger partial charge in [-0.1, -0.05) is 31.0 Å². The fourth-order valence-electron chi connectivity index (χ4n) is 4.51. The third-order valence-electron chi connectivity index (χ3n) is 6.53. The monoisotopic (exact) mass is 398 g/mol. The number of nitrogens with zero attached hydrogens (tertiary/aromatic N) is 2. The Labute approximate surface area is 174 Å². The van der Waals surface area contributed by atoms with E-state index in [9.17, 15) is 4.79 Å². The minimum atomic E-state index is 0.257. The van der Waals surface area contributed by atoms with Crippen molar-refractivity contribution in [2.45, 2.75) is 70.1 Å². The number of para-hydroxylation sites is 1. The van der Waals surface area contributed by atoms with Crippen LogP contribution in [0.25, 0.3) is 0 Å². The summed E-state index contributed by atoms with van der Waals surface area (Å²) in [6.07, 6.45) is 9.46. The van der Waals surface area contributed by atoms with Crippen LogP contribution in [0, 0.1) is 5.92 Å². The highest BCUT2D eigenvalue weighted by molar-refractivity contribution is 5.81. The van der Waals surface area contributed by atoms with E-state index in [1.807, 2.05) is 17.0 Å². The van der Waals surface area contributed by atoms with Crippen LogP contribution >= 0.6 is 0 Å². The van der Waals surface area contributed by atoms with Gasteiger partial charge in [0.2, 0.25) is 5.91 Å². The maximum atomic E-state index is 12.7. The molecule has 6 nitrogen and oxygen atoms in total. The number of benzene rings is 1. The van der Waals surface area contributed by atoms with E-state index < -0.39 is 0 Å². The van der Waals surface area contributed by atoms with Gasteiger partial charge >= 0.3 is 0 Å². The second-order valence-electron chi connectivity index (χ2n) is 8.60. The summed E-state index contributed by atoms with van der Waals surface area (Å²) in [4.78, 5) is 19.1. The minimum Gasteiger partial charge on any atom is -0.490 e. The van der Waals surface area contributed by atoms with Gasteiger partial charge in [-0.15, -0.1) is 0 Å². The molecule has 1 aromatic carbocycles. The van der Waals surface area contributed by atoms with Crippen LogP contribution < -0.4 is 15.4 Å². The molecule has 1 aromatic rings. The lowest BCUT2D eigenvalue weighted by molar-refractivity contribution is -0.134. The predicted octanol–water partition coefficient (Wildman–Crippen LogP) is 3.07. The Bertz CT molecular complexity index is 725. The number of hydrogen-bond donors (Lipinski definition) is 2. The first-order valence-corrected chi connectivity index (χ1v) is 11.2. The van der Waals surface area contributed by atoms with Crippen molar-refractivity contribution in [3.8, 4) is 5.75 Å². The number of likely N-dealkylation sites (tertiary alicyclic amines) is 1. The molecule has 158 valence electrons. The molecule has 2 saturated carbocycles. The first kappa shape index (κ1) is 20.0. The summed E-state index contributed by atoms with van der Waals surface area (Å²) in [7, 11) is 1.79. The van der Waals surface area contributed by atoms with Crippen molar-refractivity contribution >= 4 is 11.9 Å². The van der Waals surface area contributed by atoms with Crippen LogP contribution in [0.2, 0.25) is 0 Å². The largest absolute Gasteiger partial charge is 0.490 e. The Morgan fingerprint density at radius 2 is 1.93 bits per heavy atom. The van der Waals surface area contributed by atoms with Gasteiger partial charge in [-0.25, -0.2) is 0 Å². The summed E-state index contributed by atoms with van der Waals surface area (Å²) >= 11 is 0. The molecular formula is C23H34N4O2. The molecule has 6 heteroatoms. The number of carbonyl (C=O) groups is 1. The van der Waals surface area contributed by atoms with Crippen molar-refractivity contribution in [2.24, 2.45) is 10.9 Å². The van der Waals surface area contributed by atoms with Gasteiger partial charge < -0.3 is 20.3 Å². The van der Waals surface area contributed by atoms with Gasteiger partial charge in [-0.05, 0) is 44.6 Å². The highest BCUT2D eigenvalue weighted by atomic mass is 16.5. The number of nitrogens with one attached hydrogen (secondary N) is 2. The van der Waals surface area contributed by atoms with Gasteiger partial charge in [0, 0.05) is 44.2 Å². The van der Waals surface area contributed by atoms with Crippen LogP contribution in [0.5, 0.6) is 5.75 Å². The highest BCUT2D eigenvalue weighted by Gasteiger charge is 2.32. The quantitative estimate of drug-likeness (QED) is 0.571. The van der Waals surface area contributed by atoms with E-state index >= 15 is 0 Å². The summed E-state index contributed by atoms with van der Waals surface area (Å²) in [6.45, 7) is 2.29. The van der Waals surface area contributed by atoms with E-state index in [1.54, 1.807) is 7.05 Å². The number of hydrogen-bond acceptors (Lipinski definition) is 3. The van der Waals surface area contributed by atoms with Crippen LogP contribution in [-0.4, -0.2) is 49.0 Å². The van der Waals surface area contributed by atoms with E-state index in [2.05, 4.69) is 27.8 Å². The summed E-state index contributed by atoms with van der Waals surface area (Å²) in [6, 6.07) is 8.48. The highest BCUT2D eigenvalue weighted by Crippen LogP contribution is 2.28. The lowest BCUT2D eigenvalue weighted by Gasteiger charge is -2.27.